The third-order valence-corrected chi connectivity index (χ3v) is 4.00. The Morgan fingerprint density at radius 2 is 2.50 bits per heavy atom. The summed E-state index contributed by atoms with van der Waals surface area (Å²) in [5.41, 5.74) is 5.41. The van der Waals surface area contributed by atoms with Crippen LogP contribution in [-0.2, 0) is 6.54 Å². The second-order valence-corrected chi connectivity index (χ2v) is 5.22. The van der Waals surface area contributed by atoms with E-state index in [4.69, 9.17) is 10.2 Å². The van der Waals surface area contributed by atoms with E-state index < -0.39 is 0 Å². The molecule has 0 aromatic carbocycles. The lowest BCUT2D eigenvalue weighted by molar-refractivity contribution is 0.0924. The minimum atomic E-state index is -0.146. The van der Waals surface area contributed by atoms with Gasteiger partial charge in [-0.25, -0.2) is 0 Å². The molecule has 16 heavy (non-hydrogen) atoms. The van der Waals surface area contributed by atoms with Gasteiger partial charge in [-0.3, -0.25) is 4.79 Å². The number of amides is 1. The van der Waals surface area contributed by atoms with Crippen molar-refractivity contribution in [1.82, 2.24) is 5.32 Å². The van der Waals surface area contributed by atoms with Gasteiger partial charge >= 0.3 is 0 Å². The Kier molecular flexibility index (Phi) is 3.90. The zero-order chi connectivity index (χ0) is 11.4. The first-order chi connectivity index (χ1) is 7.79. The molecule has 1 unspecified atom stereocenters. The molecule has 2 heterocycles. The Morgan fingerprint density at radius 3 is 3.12 bits per heavy atom. The first kappa shape index (κ1) is 11.5. The highest BCUT2D eigenvalue weighted by atomic mass is 32.2. The van der Waals surface area contributed by atoms with Crippen LogP contribution in [0.2, 0.25) is 0 Å². The van der Waals surface area contributed by atoms with Crippen molar-refractivity contribution in [2.24, 2.45) is 5.73 Å². The van der Waals surface area contributed by atoms with Crippen molar-refractivity contribution < 1.29 is 9.21 Å². The maximum atomic E-state index is 11.7. The van der Waals surface area contributed by atoms with Crippen LogP contribution >= 0.6 is 11.8 Å². The monoisotopic (exact) mass is 240 g/mol. The number of carbonyl (C=O) groups excluding carboxylic acids is 1. The van der Waals surface area contributed by atoms with Crippen molar-refractivity contribution in [2.75, 3.05) is 12.3 Å². The van der Waals surface area contributed by atoms with E-state index in [-0.39, 0.29) is 5.91 Å². The number of hydrogen-bond donors (Lipinski definition) is 2. The van der Waals surface area contributed by atoms with Crippen LogP contribution in [0.5, 0.6) is 0 Å². The molecule has 1 aliphatic rings. The second kappa shape index (κ2) is 5.41. The predicted octanol–water partition coefficient (Wildman–Crippen LogP) is 1.36. The largest absolute Gasteiger partial charge is 0.455 e. The lowest BCUT2D eigenvalue weighted by atomic mass is 10.2. The van der Waals surface area contributed by atoms with E-state index in [9.17, 15) is 4.79 Å². The van der Waals surface area contributed by atoms with Gasteiger partial charge in [-0.15, -0.1) is 0 Å². The summed E-state index contributed by atoms with van der Waals surface area (Å²) < 4.78 is 5.27. The van der Waals surface area contributed by atoms with Crippen LogP contribution in [0.25, 0.3) is 0 Å². The maximum Gasteiger partial charge on any atom is 0.287 e. The van der Waals surface area contributed by atoms with E-state index in [0.717, 1.165) is 6.54 Å². The number of rotatable bonds is 4. The number of carbonyl (C=O) groups is 1. The average molecular weight is 240 g/mol. The fourth-order valence-electron chi connectivity index (χ4n) is 1.71. The predicted molar refractivity (Wildman–Crippen MR) is 64.4 cm³/mol. The third-order valence-electron chi connectivity index (χ3n) is 2.60. The van der Waals surface area contributed by atoms with E-state index in [1.807, 2.05) is 11.8 Å². The number of hydrogen-bond acceptors (Lipinski definition) is 4. The van der Waals surface area contributed by atoms with Gasteiger partial charge in [-0.1, -0.05) is 0 Å². The number of furan rings is 1. The Hall–Kier alpha value is -0.940. The van der Waals surface area contributed by atoms with Gasteiger partial charge in [0.25, 0.3) is 5.91 Å². The molecule has 0 bridgehead atoms. The molecule has 1 aromatic rings. The normalized spacial score (nSPS) is 19.9. The molecular weight excluding hydrogens is 224 g/mol. The minimum Gasteiger partial charge on any atom is -0.455 e. The zero-order valence-electron chi connectivity index (χ0n) is 9.07. The van der Waals surface area contributed by atoms with Gasteiger partial charge in [0, 0.05) is 11.8 Å². The third kappa shape index (κ3) is 2.80. The quantitative estimate of drug-likeness (QED) is 0.834. The van der Waals surface area contributed by atoms with Gasteiger partial charge in [0.15, 0.2) is 5.76 Å². The van der Waals surface area contributed by atoms with Crippen LogP contribution < -0.4 is 11.1 Å². The van der Waals surface area contributed by atoms with Crippen molar-refractivity contribution in [1.29, 1.82) is 0 Å². The molecule has 5 heteroatoms. The Bertz CT molecular complexity index is 359. The molecule has 0 saturated carbocycles. The number of thioether (sulfide) groups is 1. The highest BCUT2D eigenvalue weighted by Crippen LogP contribution is 2.25. The summed E-state index contributed by atoms with van der Waals surface area (Å²) in [6, 6.07) is 3.40. The molecule has 1 saturated heterocycles. The molecule has 3 N–H and O–H groups in total. The Labute approximate surface area is 98.9 Å². The second-order valence-electron chi connectivity index (χ2n) is 3.82. The standard InChI is InChI=1S/C11H16N2O2S/c12-6-8-3-4-10(15-8)11(14)13-7-9-2-1-5-16-9/h3-4,9H,1-2,5-7,12H2,(H,13,14). The SMILES string of the molecule is NCc1ccc(C(=O)NCC2CCCS2)o1. The molecule has 88 valence electrons. The number of nitrogens with one attached hydrogen (secondary N) is 1. The van der Waals surface area contributed by atoms with Crippen molar-refractivity contribution in [3.63, 3.8) is 0 Å². The molecule has 0 aliphatic carbocycles. The highest BCUT2D eigenvalue weighted by Gasteiger charge is 2.17. The van der Waals surface area contributed by atoms with Crippen LogP contribution in [0.1, 0.15) is 29.2 Å². The van der Waals surface area contributed by atoms with Gasteiger partial charge in [0.1, 0.15) is 5.76 Å². The fourth-order valence-corrected chi connectivity index (χ4v) is 2.91. The summed E-state index contributed by atoms with van der Waals surface area (Å²) in [5.74, 6) is 2.05. The molecule has 1 atom stereocenters. The van der Waals surface area contributed by atoms with Gasteiger partial charge in [0.2, 0.25) is 0 Å². The molecule has 1 fully saturated rings. The van der Waals surface area contributed by atoms with Crippen molar-refractivity contribution in [2.45, 2.75) is 24.6 Å². The Balaban J connectivity index is 1.82. The first-order valence-electron chi connectivity index (χ1n) is 5.48. The van der Waals surface area contributed by atoms with E-state index in [2.05, 4.69) is 5.32 Å². The van der Waals surface area contributed by atoms with Crippen LogP contribution in [0.4, 0.5) is 0 Å². The topological polar surface area (TPSA) is 68.3 Å². The average Bonchev–Trinajstić information content (AvgIpc) is 2.96. The van der Waals surface area contributed by atoms with E-state index >= 15 is 0 Å². The van der Waals surface area contributed by atoms with E-state index in [1.165, 1.54) is 18.6 Å². The van der Waals surface area contributed by atoms with Crippen LogP contribution in [-0.4, -0.2) is 23.5 Å². The molecule has 4 nitrogen and oxygen atoms in total. The summed E-state index contributed by atoms with van der Waals surface area (Å²) in [6.45, 7) is 1.05. The van der Waals surface area contributed by atoms with Crippen LogP contribution in [0.15, 0.2) is 16.5 Å². The van der Waals surface area contributed by atoms with Crippen molar-refractivity contribution >= 4 is 17.7 Å². The van der Waals surface area contributed by atoms with Crippen LogP contribution in [0, 0.1) is 0 Å². The summed E-state index contributed by atoms with van der Waals surface area (Å²) in [5, 5.41) is 3.45. The highest BCUT2D eigenvalue weighted by molar-refractivity contribution is 8.00. The summed E-state index contributed by atoms with van der Waals surface area (Å²) >= 11 is 1.92. The minimum absolute atomic E-state index is 0.146. The molecule has 0 spiro atoms. The first-order valence-corrected chi connectivity index (χ1v) is 6.53. The maximum absolute atomic E-state index is 11.7. The zero-order valence-corrected chi connectivity index (χ0v) is 9.89. The number of nitrogens with two attached hydrogens (primary N) is 1. The molecule has 1 amide bonds. The smallest absolute Gasteiger partial charge is 0.287 e. The molecule has 2 rings (SSSR count). The van der Waals surface area contributed by atoms with Gasteiger partial charge in [0.05, 0.1) is 6.54 Å². The molecule has 0 radical (unpaired) electrons. The Morgan fingerprint density at radius 1 is 1.62 bits per heavy atom. The lowest BCUT2D eigenvalue weighted by Gasteiger charge is -2.08. The van der Waals surface area contributed by atoms with E-state index in [1.54, 1.807) is 12.1 Å². The van der Waals surface area contributed by atoms with E-state index in [0.29, 0.717) is 23.3 Å². The summed E-state index contributed by atoms with van der Waals surface area (Å²) in [7, 11) is 0. The summed E-state index contributed by atoms with van der Waals surface area (Å²) in [6.07, 6.45) is 2.44. The molecule has 1 aromatic heterocycles. The van der Waals surface area contributed by atoms with Gasteiger partial charge in [-0.05, 0) is 30.7 Å². The molecule has 1 aliphatic heterocycles. The lowest BCUT2D eigenvalue weighted by Crippen LogP contribution is -2.29. The fraction of sp³-hybridized carbons (Fsp3) is 0.545. The van der Waals surface area contributed by atoms with Crippen LogP contribution in [0.3, 0.4) is 0 Å². The van der Waals surface area contributed by atoms with Crippen molar-refractivity contribution in [3.05, 3.63) is 23.7 Å². The van der Waals surface area contributed by atoms with Gasteiger partial charge in [-0.2, -0.15) is 11.8 Å². The summed E-state index contributed by atoms with van der Waals surface area (Å²) in [4.78, 5) is 11.7. The molecular formula is C11H16N2O2S. The van der Waals surface area contributed by atoms with Gasteiger partial charge < -0.3 is 15.5 Å². The van der Waals surface area contributed by atoms with Crippen molar-refractivity contribution in [3.8, 4) is 0 Å².